The maximum Gasteiger partial charge on any atom is 0.303 e. The topological polar surface area (TPSA) is 167 Å². The number of likely N-dealkylation sites (tertiary alicyclic amines) is 1. The fourth-order valence-electron chi connectivity index (χ4n) is 6.92. The van der Waals surface area contributed by atoms with Crippen molar-refractivity contribution in [2.45, 2.75) is 121 Å². The standard InChI is InChI=1S/C36H55N5O7S2/c1-23(42)48-21-27-22-49-34(37-27)39-31(36(5,6)50(7,46)47)33(45)38-28(17-24-13-9-8-10-14-24)30(43)20-41-19-26-16-12-11-15-25(26)18-29(41)32(44)40-35(2,3)4/h8-10,13-14,22,25-26,28-31,43H,11-12,15-21H2,1-7H3,(H,37,39)(H,38,45)(H,40,44). The molecule has 1 aromatic heterocycles. The maximum atomic E-state index is 14.3. The van der Waals surface area contributed by atoms with Gasteiger partial charge in [-0.15, -0.1) is 11.3 Å². The van der Waals surface area contributed by atoms with Crippen LogP contribution < -0.4 is 16.0 Å². The largest absolute Gasteiger partial charge is 0.459 e. The molecule has 2 aromatic rings. The fraction of sp³-hybridized carbons (Fsp3) is 0.667. The fourth-order valence-corrected chi connectivity index (χ4v) is 8.24. The van der Waals surface area contributed by atoms with Crippen molar-refractivity contribution >= 4 is 44.1 Å². The smallest absolute Gasteiger partial charge is 0.303 e. The van der Waals surface area contributed by atoms with E-state index in [-0.39, 0.29) is 30.6 Å². The number of amides is 2. The highest BCUT2D eigenvalue weighted by molar-refractivity contribution is 7.92. The summed E-state index contributed by atoms with van der Waals surface area (Å²) in [5.74, 6) is -0.253. The molecule has 1 saturated carbocycles. The van der Waals surface area contributed by atoms with Crippen molar-refractivity contribution in [1.82, 2.24) is 20.5 Å². The normalized spacial score (nSPS) is 22.0. The number of anilines is 1. The van der Waals surface area contributed by atoms with Gasteiger partial charge in [0.25, 0.3) is 0 Å². The van der Waals surface area contributed by atoms with E-state index in [1.165, 1.54) is 20.8 Å². The Balaban J connectivity index is 1.61. The minimum atomic E-state index is -3.79. The summed E-state index contributed by atoms with van der Waals surface area (Å²) in [6, 6.07) is 6.96. The lowest BCUT2D eigenvalue weighted by Crippen LogP contribution is -2.62. The Labute approximate surface area is 301 Å². The number of aliphatic hydroxyl groups is 1. The SMILES string of the molecule is CC(=O)OCc1csc(NC(C(=O)NC(Cc2ccccc2)C(O)CN2CC3CCCCC3CC2C(=O)NC(C)(C)C)C(C)(C)S(C)(=O)=O)n1. The second-order valence-corrected chi connectivity index (χ2v) is 19.0. The molecule has 6 atom stereocenters. The number of nitrogens with one attached hydrogen (secondary N) is 3. The van der Waals surface area contributed by atoms with Crippen molar-refractivity contribution < 1.29 is 32.6 Å². The van der Waals surface area contributed by atoms with Crippen LogP contribution in [0, 0.1) is 11.8 Å². The summed E-state index contributed by atoms with van der Waals surface area (Å²) in [7, 11) is -3.79. The number of fused-ring (bicyclic) bond motifs is 1. The third kappa shape index (κ3) is 10.7. The number of hydrogen-bond acceptors (Lipinski definition) is 11. The number of rotatable bonds is 14. The van der Waals surface area contributed by atoms with Crippen LogP contribution in [0.5, 0.6) is 0 Å². The first-order valence-electron chi connectivity index (χ1n) is 17.5. The minimum Gasteiger partial charge on any atom is -0.459 e. The Morgan fingerprint density at radius 3 is 2.36 bits per heavy atom. The Morgan fingerprint density at radius 2 is 1.74 bits per heavy atom. The van der Waals surface area contributed by atoms with Crippen LogP contribution in [-0.4, -0.2) is 95.1 Å². The lowest BCUT2D eigenvalue weighted by Gasteiger charge is -2.47. The van der Waals surface area contributed by atoms with Gasteiger partial charge >= 0.3 is 5.97 Å². The molecule has 14 heteroatoms. The van der Waals surface area contributed by atoms with Crippen molar-refractivity contribution in [1.29, 1.82) is 0 Å². The summed E-state index contributed by atoms with van der Waals surface area (Å²) in [4.78, 5) is 45.7. The molecule has 2 fully saturated rings. The summed E-state index contributed by atoms with van der Waals surface area (Å²) in [5.41, 5.74) is 0.918. The van der Waals surface area contributed by atoms with Gasteiger partial charge in [0.15, 0.2) is 15.0 Å². The molecule has 0 radical (unpaired) electrons. The predicted molar refractivity (Wildman–Crippen MR) is 195 cm³/mol. The number of aromatic nitrogens is 1. The van der Waals surface area contributed by atoms with Crippen LogP contribution in [0.1, 0.15) is 84.9 Å². The number of piperidine rings is 1. The number of carbonyl (C=O) groups excluding carboxylic acids is 3. The molecule has 4 rings (SSSR count). The van der Waals surface area contributed by atoms with Crippen molar-refractivity contribution in [2.24, 2.45) is 11.8 Å². The van der Waals surface area contributed by atoms with E-state index in [1.807, 2.05) is 51.1 Å². The quantitative estimate of drug-likeness (QED) is 0.210. The van der Waals surface area contributed by atoms with Gasteiger partial charge in [-0.1, -0.05) is 49.6 Å². The van der Waals surface area contributed by atoms with Gasteiger partial charge in [0.1, 0.15) is 12.6 Å². The van der Waals surface area contributed by atoms with E-state index in [1.54, 1.807) is 5.38 Å². The van der Waals surface area contributed by atoms with Crippen LogP contribution in [0.15, 0.2) is 35.7 Å². The molecule has 4 N–H and O–H groups in total. The molecule has 1 aliphatic heterocycles. The Kier molecular flexibility index (Phi) is 13.1. The number of esters is 1. The van der Waals surface area contributed by atoms with Gasteiger partial charge in [-0.05, 0) is 71.3 Å². The molecule has 1 aliphatic carbocycles. The lowest BCUT2D eigenvalue weighted by atomic mass is 9.72. The van der Waals surface area contributed by atoms with Crippen molar-refractivity contribution in [3.05, 3.63) is 47.0 Å². The van der Waals surface area contributed by atoms with Gasteiger partial charge in [0, 0.05) is 37.2 Å². The van der Waals surface area contributed by atoms with E-state index < -0.39 is 56.2 Å². The molecular weight excluding hydrogens is 679 g/mol. The second kappa shape index (κ2) is 16.5. The molecule has 12 nitrogen and oxygen atoms in total. The number of thiazole rings is 1. The van der Waals surface area contributed by atoms with Crippen LogP contribution in [0.4, 0.5) is 5.13 Å². The summed E-state index contributed by atoms with van der Waals surface area (Å²) in [6.07, 6.45) is 5.50. The molecule has 6 unspecified atom stereocenters. The van der Waals surface area contributed by atoms with Crippen molar-refractivity contribution in [3.63, 3.8) is 0 Å². The minimum absolute atomic E-state index is 0.0575. The Hall–Kier alpha value is -3.07. The predicted octanol–water partition coefficient (Wildman–Crippen LogP) is 3.69. The summed E-state index contributed by atoms with van der Waals surface area (Å²) >= 11 is 1.16. The van der Waals surface area contributed by atoms with E-state index >= 15 is 0 Å². The molecular formula is C36H55N5O7S2. The van der Waals surface area contributed by atoms with Crippen molar-refractivity contribution in [2.75, 3.05) is 24.7 Å². The molecule has 50 heavy (non-hydrogen) atoms. The first-order chi connectivity index (χ1) is 23.3. The molecule has 1 saturated heterocycles. The van der Waals surface area contributed by atoms with Gasteiger partial charge in [-0.2, -0.15) is 0 Å². The number of sulfone groups is 1. The lowest BCUT2D eigenvalue weighted by molar-refractivity contribution is -0.142. The van der Waals surface area contributed by atoms with Gasteiger partial charge in [-0.25, -0.2) is 13.4 Å². The van der Waals surface area contributed by atoms with Crippen LogP contribution in [0.3, 0.4) is 0 Å². The van der Waals surface area contributed by atoms with Gasteiger partial charge in [-0.3, -0.25) is 19.3 Å². The highest BCUT2D eigenvalue weighted by Crippen LogP contribution is 2.39. The molecule has 2 amide bonds. The molecule has 1 aromatic carbocycles. The summed E-state index contributed by atoms with van der Waals surface area (Å²) < 4.78 is 29.6. The van der Waals surface area contributed by atoms with Crippen LogP contribution >= 0.6 is 11.3 Å². The average Bonchev–Trinajstić information content (AvgIpc) is 3.48. The zero-order valence-electron chi connectivity index (χ0n) is 30.4. The zero-order valence-corrected chi connectivity index (χ0v) is 32.0. The Bertz CT molecular complexity index is 1570. The van der Waals surface area contributed by atoms with E-state index in [0.29, 0.717) is 24.1 Å². The molecule has 0 bridgehead atoms. The van der Waals surface area contributed by atoms with Gasteiger partial charge < -0.3 is 25.8 Å². The molecule has 0 spiro atoms. The highest BCUT2D eigenvalue weighted by Gasteiger charge is 2.46. The zero-order chi connectivity index (χ0) is 36.9. The third-order valence-electron chi connectivity index (χ3n) is 9.97. The number of β-amino-alcohol motifs (C(OH)–C–C–N with tert-alkyl or cyclic N) is 1. The summed E-state index contributed by atoms with van der Waals surface area (Å²) in [6.45, 7) is 10.9. The molecule has 2 heterocycles. The second-order valence-electron chi connectivity index (χ2n) is 15.5. The first-order valence-corrected chi connectivity index (χ1v) is 20.2. The highest BCUT2D eigenvalue weighted by atomic mass is 32.2. The average molecular weight is 734 g/mol. The van der Waals surface area contributed by atoms with Gasteiger partial charge in [0.05, 0.1) is 28.6 Å². The van der Waals surface area contributed by atoms with Crippen LogP contribution in [-0.2, 0) is 42.0 Å². The number of ether oxygens (including phenoxy) is 1. The number of nitrogens with zero attached hydrogens (tertiary/aromatic N) is 2. The monoisotopic (exact) mass is 733 g/mol. The Morgan fingerprint density at radius 1 is 1.08 bits per heavy atom. The van der Waals surface area contributed by atoms with Crippen molar-refractivity contribution in [3.8, 4) is 0 Å². The maximum absolute atomic E-state index is 14.3. The van der Waals surface area contributed by atoms with E-state index in [2.05, 4.69) is 25.8 Å². The van der Waals surface area contributed by atoms with E-state index in [4.69, 9.17) is 4.74 Å². The number of carbonyl (C=O) groups is 3. The van der Waals surface area contributed by atoms with Crippen LogP contribution in [0.2, 0.25) is 0 Å². The number of benzene rings is 1. The van der Waals surface area contributed by atoms with E-state index in [9.17, 15) is 27.9 Å². The number of aliphatic hydroxyl groups excluding tert-OH is 1. The van der Waals surface area contributed by atoms with Gasteiger partial charge in [0.2, 0.25) is 11.8 Å². The number of hydrogen-bond donors (Lipinski definition) is 4. The third-order valence-corrected chi connectivity index (χ3v) is 12.9. The summed E-state index contributed by atoms with van der Waals surface area (Å²) in [5, 5.41) is 23.1. The molecule has 2 aliphatic rings. The van der Waals surface area contributed by atoms with Crippen LogP contribution in [0.25, 0.3) is 0 Å². The van der Waals surface area contributed by atoms with E-state index in [0.717, 1.165) is 55.3 Å². The first kappa shape index (κ1) is 39.7. The molecule has 278 valence electrons.